The van der Waals surface area contributed by atoms with Gasteiger partial charge < -0.3 is 4.42 Å². The van der Waals surface area contributed by atoms with Gasteiger partial charge in [0.25, 0.3) is 0 Å². The maximum atomic E-state index is 13.4. The van der Waals surface area contributed by atoms with E-state index in [1.807, 2.05) is 18.2 Å². The maximum absolute atomic E-state index is 13.4. The molecule has 0 amide bonds. The third-order valence-electron chi connectivity index (χ3n) is 5.18. The van der Waals surface area contributed by atoms with Crippen molar-refractivity contribution in [3.63, 3.8) is 0 Å². The molecule has 0 aliphatic heterocycles. The maximum Gasteiger partial charge on any atom is 0.196 e. The van der Waals surface area contributed by atoms with Crippen LogP contribution in [0.25, 0.3) is 22.6 Å². The molecule has 1 atom stereocenters. The standard InChI is InChI=1S/C25H22FNO3S/c1-17(18-6-4-3-5-7-18)16-23-27-24(19-8-12-21(26)13-9-19)25(30-23)20-10-14-22(15-11-20)31(2,28)29/h3-15,17H,16H2,1-2H3. The van der Waals surface area contributed by atoms with E-state index in [1.165, 1.54) is 24.0 Å². The van der Waals surface area contributed by atoms with Crippen molar-refractivity contribution >= 4 is 9.84 Å². The molecule has 0 fully saturated rings. The summed E-state index contributed by atoms with van der Waals surface area (Å²) in [5, 5.41) is 0. The second kappa shape index (κ2) is 8.47. The molecule has 0 aliphatic rings. The molecule has 0 saturated carbocycles. The molecule has 0 saturated heterocycles. The molecular formula is C25H22FNO3S. The number of oxazole rings is 1. The van der Waals surface area contributed by atoms with E-state index in [2.05, 4.69) is 19.1 Å². The first kappa shape index (κ1) is 21.0. The zero-order valence-corrected chi connectivity index (χ0v) is 18.1. The Morgan fingerprint density at radius 3 is 2.13 bits per heavy atom. The number of halogens is 1. The van der Waals surface area contributed by atoms with Crippen LogP contribution in [0.2, 0.25) is 0 Å². The van der Waals surface area contributed by atoms with Crippen molar-refractivity contribution in [1.82, 2.24) is 4.98 Å². The summed E-state index contributed by atoms with van der Waals surface area (Å²) in [6.07, 6.45) is 1.77. The van der Waals surface area contributed by atoms with Crippen molar-refractivity contribution in [3.05, 3.63) is 96.1 Å². The third-order valence-corrected chi connectivity index (χ3v) is 6.31. The number of aromatic nitrogens is 1. The van der Waals surface area contributed by atoms with E-state index >= 15 is 0 Å². The molecular weight excluding hydrogens is 413 g/mol. The van der Waals surface area contributed by atoms with E-state index < -0.39 is 9.84 Å². The molecule has 1 unspecified atom stereocenters. The molecule has 0 bridgehead atoms. The molecule has 1 aromatic heterocycles. The van der Waals surface area contributed by atoms with Crippen molar-refractivity contribution in [2.45, 2.75) is 24.2 Å². The molecule has 31 heavy (non-hydrogen) atoms. The molecule has 0 spiro atoms. The lowest BCUT2D eigenvalue weighted by atomic mass is 9.98. The molecule has 3 aromatic carbocycles. The fourth-order valence-electron chi connectivity index (χ4n) is 3.47. The summed E-state index contributed by atoms with van der Waals surface area (Å²) in [4.78, 5) is 4.95. The van der Waals surface area contributed by atoms with Crippen LogP contribution in [0.5, 0.6) is 0 Å². The topological polar surface area (TPSA) is 60.2 Å². The van der Waals surface area contributed by atoms with Crippen LogP contribution in [0, 0.1) is 5.82 Å². The highest BCUT2D eigenvalue weighted by atomic mass is 32.2. The van der Waals surface area contributed by atoms with E-state index in [9.17, 15) is 12.8 Å². The summed E-state index contributed by atoms with van der Waals surface area (Å²) >= 11 is 0. The van der Waals surface area contributed by atoms with Crippen LogP contribution < -0.4 is 0 Å². The SMILES string of the molecule is CC(Cc1nc(-c2ccc(F)cc2)c(-c2ccc(S(C)(=O)=O)cc2)o1)c1ccccc1. The first-order valence-electron chi connectivity index (χ1n) is 9.92. The van der Waals surface area contributed by atoms with Crippen LogP contribution in [-0.4, -0.2) is 19.7 Å². The van der Waals surface area contributed by atoms with Gasteiger partial charge in [0.05, 0.1) is 4.90 Å². The summed E-state index contributed by atoms with van der Waals surface area (Å²) in [7, 11) is -3.30. The normalized spacial score (nSPS) is 12.6. The fourth-order valence-corrected chi connectivity index (χ4v) is 4.10. The molecule has 4 nitrogen and oxygen atoms in total. The Bertz CT molecular complexity index is 1280. The van der Waals surface area contributed by atoms with Gasteiger partial charge in [0.2, 0.25) is 0 Å². The first-order valence-corrected chi connectivity index (χ1v) is 11.8. The van der Waals surface area contributed by atoms with E-state index in [1.54, 1.807) is 36.4 Å². The predicted molar refractivity (Wildman–Crippen MR) is 119 cm³/mol. The highest BCUT2D eigenvalue weighted by molar-refractivity contribution is 7.90. The smallest absolute Gasteiger partial charge is 0.196 e. The van der Waals surface area contributed by atoms with Crippen LogP contribution in [0.3, 0.4) is 0 Å². The van der Waals surface area contributed by atoms with Gasteiger partial charge in [0, 0.05) is 23.8 Å². The van der Waals surface area contributed by atoms with E-state index in [-0.39, 0.29) is 16.6 Å². The molecule has 158 valence electrons. The van der Waals surface area contributed by atoms with Crippen molar-refractivity contribution in [2.75, 3.05) is 6.26 Å². The molecule has 1 heterocycles. The highest BCUT2D eigenvalue weighted by Gasteiger charge is 2.20. The van der Waals surface area contributed by atoms with Gasteiger partial charge in [-0.05, 0) is 60.0 Å². The quantitative estimate of drug-likeness (QED) is 0.378. The van der Waals surface area contributed by atoms with Gasteiger partial charge in [-0.25, -0.2) is 17.8 Å². The minimum atomic E-state index is -3.30. The molecule has 0 aliphatic carbocycles. The van der Waals surface area contributed by atoms with Crippen LogP contribution in [0.15, 0.2) is 88.2 Å². The summed E-state index contributed by atoms with van der Waals surface area (Å²) in [5.74, 6) is 0.963. The van der Waals surface area contributed by atoms with Crippen molar-refractivity contribution in [1.29, 1.82) is 0 Å². The third kappa shape index (κ3) is 4.75. The van der Waals surface area contributed by atoms with Gasteiger partial charge in [-0.1, -0.05) is 37.3 Å². The summed E-state index contributed by atoms with van der Waals surface area (Å²) in [6.45, 7) is 2.11. The van der Waals surface area contributed by atoms with Crippen molar-refractivity contribution in [2.24, 2.45) is 0 Å². The lowest BCUT2D eigenvalue weighted by Crippen LogP contribution is -1.98. The number of benzene rings is 3. The van der Waals surface area contributed by atoms with Gasteiger partial charge in [-0.15, -0.1) is 0 Å². The summed E-state index contributed by atoms with van der Waals surface area (Å²) < 4.78 is 43.2. The minimum Gasteiger partial charge on any atom is -0.440 e. The van der Waals surface area contributed by atoms with E-state index in [4.69, 9.17) is 9.40 Å². The molecule has 0 radical (unpaired) electrons. The van der Waals surface area contributed by atoms with Gasteiger partial charge in [0.15, 0.2) is 21.5 Å². The first-order chi connectivity index (χ1) is 14.8. The van der Waals surface area contributed by atoms with Crippen LogP contribution >= 0.6 is 0 Å². The Morgan fingerprint density at radius 2 is 1.52 bits per heavy atom. The Labute approximate surface area is 181 Å². The van der Waals surface area contributed by atoms with Gasteiger partial charge in [0.1, 0.15) is 11.5 Å². The molecule has 4 aromatic rings. The van der Waals surface area contributed by atoms with Gasteiger partial charge >= 0.3 is 0 Å². The van der Waals surface area contributed by atoms with Gasteiger partial charge in [-0.2, -0.15) is 0 Å². The zero-order chi connectivity index (χ0) is 22.0. The number of sulfone groups is 1. The fraction of sp³-hybridized carbons (Fsp3) is 0.160. The average molecular weight is 436 g/mol. The largest absolute Gasteiger partial charge is 0.440 e. The Morgan fingerprint density at radius 1 is 0.903 bits per heavy atom. The molecule has 4 rings (SSSR count). The van der Waals surface area contributed by atoms with Crippen LogP contribution in [-0.2, 0) is 16.3 Å². The second-order valence-corrected chi connectivity index (χ2v) is 9.62. The predicted octanol–water partition coefficient (Wildman–Crippen LogP) is 5.90. The average Bonchev–Trinajstić information content (AvgIpc) is 3.18. The Balaban J connectivity index is 1.74. The van der Waals surface area contributed by atoms with Crippen LogP contribution in [0.4, 0.5) is 4.39 Å². The minimum absolute atomic E-state index is 0.196. The molecule has 6 heteroatoms. The number of nitrogens with zero attached hydrogens (tertiary/aromatic N) is 1. The van der Waals surface area contributed by atoms with E-state index in [0.717, 1.165) is 5.56 Å². The van der Waals surface area contributed by atoms with Crippen molar-refractivity contribution in [3.8, 4) is 22.6 Å². The summed E-state index contributed by atoms with van der Waals surface area (Å²) in [5.41, 5.74) is 3.22. The molecule has 0 N–H and O–H groups in total. The highest BCUT2D eigenvalue weighted by Crippen LogP contribution is 2.34. The Hall–Kier alpha value is -3.25. The number of hydrogen-bond acceptors (Lipinski definition) is 4. The Kier molecular flexibility index (Phi) is 5.74. The number of rotatable bonds is 6. The monoisotopic (exact) mass is 435 g/mol. The lowest BCUT2D eigenvalue weighted by molar-refractivity contribution is 0.488. The number of hydrogen-bond donors (Lipinski definition) is 0. The van der Waals surface area contributed by atoms with Crippen molar-refractivity contribution < 1.29 is 17.2 Å². The lowest BCUT2D eigenvalue weighted by Gasteiger charge is -2.08. The van der Waals surface area contributed by atoms with Crippen LogP contribution in [0.1, 0.15) is 24.3 Å². The van der Waals surface area contributed by atoms with Gasteiger partial charge in [-0.3, -0.25) is 0 Å². The van der Waals surface area contributed by atoms with E-state index in [0.29, 0.717) is 29.3 Å². The second-order valence-electron chi connectivity index (χ2n) is 7.60. The zero-order valence-electron chi connectivity index (χ0n) is 17.2. The summed E-state index contributed by atoms with van der Waals surface area (Å²) in [6, 6.07) is 22.7.